The van der Waals surface area contributed by atoms with E-state index in [-0.39, 0.29) is 0 Å². The van der Waals surface area contributed by atoms with Crippen LogP contribution in [-0.2, 0) is 0 Å². The summed E-state index contributed by atoms with van der Waals surface area (Å²) in [7, 11) is 2.02. The molecule has 2 rings (SSSR count). The summed E-state index contributed by atoms with van der Waals surface area (Å²) < 4.78 is 0. The van der Waals surface area contributed by atoms with Crippen LogP contribution in [0.5, 0.6) is 0 Å². The third kappa shape index (κ3) is 4.21. The van der Waals surface area contributed by atoms with Crippen molar-refractivity contribution in [2.75, 3.05) is 26.7 Å². The highest BCUT2D eigenvalue weighted by Crippen LogP contribution is 2.30. The fourth-order valence-electron chi connectivity index (χ4n) is 2.91. The van der Waals surface area contributed by atoms with Crippen molar-refractivity contribution in [3.63, 3.8) is 0 Å². The zero-order valence-electron chi connectivity index (χ0n) is 13.0. The second-order valence-electron chi connectivity index (χ2n) is 6.66. The largest absolute Gasteiger partial charge is 0.313 e. The van der Waals surface area contributed by atoms with Gasteiger partial charge in [-0.3, -0.25) is 0 Å². The first-order chi connectivity index (χ1) is 9.52. The third-order valence-corrected chi connectivity index (χ3v) is 4.92. The van der Waals surface area contributed by atoms with Gasteiger partial charge in [0.15, 0.2) is 0 Å². The zero-order chi connectivity index (χ0) is 14.6. The number of hydrogen-bond acceptors (Lipinski definition) is 2. The van der Waals surface area contributed by atoms with Crippen molar-refractivity contribution in [1.29, 1.82) is 0 Å². The van der Waals surface area contributed by atoms with Gasteiger partial charge in [-0.2, -0.15) is 0 Å². The van der Waals surface area contributed by atoms with Crippen LogP contribution in [0.4, 0.5) is 0 Å². The van der Waals surface area contributed by atoms with Crippen LogP contribution in [0, 0.1) is 5.41 Å². The number of piperidine rings is 1. The number of rotatable bonds is 5. The molecule has 1 heterocycles. The van der Waals surface area contributed by atoms with Gasteiger partial charge in [0.25, 0.3) is 0 Å². The Kier molecular flexibility index (Phi) is 5.48. The molecule has 112 valence electrons. The van der Waals surface area contributed by atoms with E-state index in [9.17, 15) is 0 Å². The summed E-state index contributed by atoms with van der Waals surface area (Å²) in [6.45, 7) is 8.36. The second-order valence-corrected chi connectivity index (χ2v) is 7.06. The highest BCUT2D eigenvalue weighted by molar-refractivity contribution is 6.31. The quantitative estimate of drug-likeness (QED) is 0.879. The summed E-state index contributed by atoms with van der Waals surface area (Å²) in [5.41, 5.74) is 1.75. The lowest BCUT2D eigenvalue weighted by molar-refractivity contribution is 0.128. The molecule has 1 aromatic rings. The van der Waals surface area contributed by atoms with Crippen molar-refractivity contribution in [2.24, 2.45) is 5.41 Å². The summed E-state index contributed by atoms with van der Waals surface area (Å²) in [5, 5.41) is 4.27. The Balaban J connectivity index is 1.88. The minimum absolute atomic E-state index is 0.346. The molecule has 1 aliphatic rings. The van der Waals surface area contributed by atoms with E-state index in [1.54, 1.807) is 0 Å². The molecule has 1 saturated heterocycles. The number of nitrogens with one attached hydrogen (secondary N) is 1. The molecule has 0 aromatic heterocycles. The smallest absolute Gasteiger partial charge is 0.0453 e. The molecule has 1 aliphatic heterocycles. The van der Waals surface area contributed by atoms with Crippen LogP contribution in [0.3, 0.4) is 0 Å². The molecular formula is C17H27ClN2. The molecule has 1 atom stereocenters. The van der Waals surface area contributed by atoms with Gasteiger partial charge in [0.1, 0.15) is 0 Å². The van der Waals surface area contributed by atoms with Gasteiger partial charge >= 0.3 is 0 Å². The van der Waals surface area contributed by atoms with Crippen LogP contribution >= 0.6 is 11.6 Å². The zero-order valence-corrected chi connectivity index (χ0v) is 13.7. The number of benzene rings is 1. The average molecular weight is 295 g/mol. The fraction of sp³-hybridized carbons (Fsp3) is 0.647. The van der Waals surface area contributed by atoms with E-state index < -0.39 is 0 Å². The van der Waals surface area contributed by atoms with Gasteiger partial charge in [-0.05, 0) is 63.0 Å². The summed E-state index contributed by atoms with van der Waals surface area (Å²) in [6, 6.07) is 8.51. The first-order valence-corrected chi connectivity index (χ1v) is 8.04. The number of halogens is 1. The Morgan fingerprint density at radius 2 is 1.90 bits per heavy atom. The maximum atomic E-state index is 6.30. The molecule has 0 spiro atoms. The van der Waals surface area contributed by atoms with Crippen molar-refractivity contribution in [3.05, 3.63) is 34.9 Å². The molecule has 1 N–H and O–H groups in total. The van der Waals surface area contributed by atoms with Gasteiger partial charge in [-0.25, -0.2) is 0 Å². The predicted octanol–water partition coefficient (Wildman–Crippen LogP) is 4.11. The van der Waals surface area contributed by atoms with E-state index in [2.05, 4.69) is 36.2 Å². The molecule has 1 aromatic carbocycles. The van der Waals surface area contributed by atoms with E-state index in [0.29, 0.717) is 11.5 Å². The van der Waals surface area contributed by atoms with Gasteiger partial charge < -0.3 is 10.2 Å². The molecule has 20 heavy (non-hydrogen) atoms. The standard InChI is InChI=1S/C17H27ClN2/c1-17(2)9-12-20(13-10-17)11-8-16(19-3)14-6-4-5-7-15(14)18/h4-7,16,19H,8-13H2,1-3H3. The molecule has 2 nitrogen and oxygen atoms in total. The van der Waals surface area contributed by atoms with Crippen molar-refractivity contribution in [2.45, 2.75) is 39.2 Å². The lowest BCUT2D eigenvalue weighted by Gasteiger charge is -2.37. The summed E-state index contributed by atoms with van der Waals surface area (Å²) in [4.78, 5) is 2.59. The van der Waals surface area contributed by atoms with E-state index in [0.717, 1.165) is 18.0 Å². The van der Waals surface area contributed by atoms with E-state index in [1.165, 1.54) is 31.5 Å². The number of nitrogens with zero attached hydrogens (tertiary/aromatic N) is 1. The Hall–Kier alpha value is -0.570. The lowest BCUT2D eigenvalue weighted by atomic mass is 9.82. The maximum Gasteiger partial charge on any atom is 0.0453 e. The van der Waals surface area contributed by atoms with Crippen LogP contribution < -0.4 is 5.32 Å². The third-order valence-electron chi connectivity index (χ3n) is 4.57. The van der Waals surface area contributed by atoms with Crippen LogP contribution in [0.25, 0.3) is 0 Å². The van der Waals surface area contributed by atoms with Gasteiger partial charge in [0.05, 0.1) is 0 Å². The Bertz CT molecular complexity index is 421. The van der Waals surface area contributed by atoms with E-state index in [4.69, 9.17) is 11.6 Å². The van der Waals surface area contributed by atoms with Crippen molar-refractivity contribution in [3.8, 4) is 0 Å². The first kappa shape index (κ1) is 15.8. The second kappa shape index (κ2) is 6.93. The highest BCUT2D eigenvalue weighted by Gasteiger charge is 2.25. The maximum absolute atomic E-state index is 6.30. The molecule has 3 heteroatoms. The molecule has 0 aliphatic carbocycles. The molecule has 1 fully saturated rings. The average Bonchev–Trinajstić information content (AvgIpc) is 2.43. The molecule has 0 saturated carbocycles. The normalized spacial score (nSPS) is 20.8. The first-order valence-electron chi connectivity index (χ1n) is 7.66. The molecule has 0 amide bonds. The molecular weight excluding hydrogens is 268 g/mol. The molecule has 0 bridgehead atoms. The topological polar surface area (TPSA) is 15.3 Å². The van der Waals surface area contributed by atoms with Gasteiger partial charge in [-0.15, -0.1) is 0 Å². The van der Waals surface area contributed by atoms with Gasteiger partial charge in [0, 0.05) is 11.1 Å². The monoisotopic (exact) mass is 294 g/mol. The minimum Gasteiger partial charge on any atom is -0.313 e. The van der Waals surface area contributed by atoms with Crippen LogP contribution in [0.15, 0.2) is 24.3 Å². The van der Waals surface area contributed by atoms with E-state index in [1.807, 2.05) is 19.2 Å². The van der Waals surface area contributed by atoms with E-state index >= 15 is 0 Å². The van der Waals surface area contributed by atoms with Crippen LogP contribution in [0.1, 0.15) is 44.7 Å². The van der Waals surface area contributed by atoms with Gasteiger partial charge in [0.2, 0.25) is 0 Å². The Morgan fingerprint density at radius 1 is 1.25 bits per heavy atom. The summed E-state index contributed by atoms with van der Waals surface area (Å²) in [5.74, 6) is 0. The van der Waals surface area contributed by atoms with Gasteiger partial charge in [-0.1, -0.05) is 43.6 Å². The van der Waals surface area contributed by atoms with Crippen molar-refractivity contribution < 1.29 is 0 Å². The SMILES string of the molecule is CNC(CCN1CCC(C)(C)CC1)c1ccccc1Cl. The fourth-order valence-corrected chi connectivity index (χ4v) is 3.17. The molecule has 1 unspecified atom stereocenters. The Labute approximate surface area is 128 Å². The van der Waals surface area contributed by atoms with Crippen LogP contribution in [-0.4, -0.2) is 31.6 Å². The highest BCUT2D eigenvalue weighted by atomic mass is 35.5. The predicted molar refractivity (Wildman–Crippen MR) is 87.3 cm³/mol. The summed E-state index contributed by atoms with van der Waals surface area (Å²) in [6.07, 6.45) is 3.73. The molecule has 0 radical (unpaired) electrons. The number of likely N-dealkylation sites (tertiary alicyclic amines) is 1. The van der Waals surface area contributed by atoms with Crippen molar-refractivity contribution >= 4 is 11.6 Å². The number of hydrogen-bond donors (Lipinski definition) is 1. The lowest BCUT2D eigenvalue weighted by Crippen LogP contribution is -2.38. The van der Waals surface area contributed by atoms with Crippen LogP contribution in [0.2, 0.25) is 5.02 Å². The summed E-state index contributed by atoms with van der Waals surface area (Å²) >= 11 is 6.30. The minimum atomic E-state index is 0.346. The van der Waals surface area contributed by atoms with Crippen molar-refractivity contribution in [1.82, 2.24) is 10.2 Å². The Morgan fingerprint density at radius 3 is 2.50 bits per heavy atom.